The van der Waals surface area contributed by atoms with E-state index >= 15 is 0 Å². The van der Waals surface area contributed by atoms with Crippen LogP contribution in [0.2, 0.25) is 0 Å². The smallest absolute Gasteiger partial charge is 0.231 e. The number of hydrogen-bond donors (Lipinski definition) is 0. The molecule has 1 aliphatic carbocycles. The summed E-state index contributed by atoms with van der Waals surface area (Å²) in [6.07, 6.45) is 6.81. The van der Waals surface area contributed by atoms with Crippen molar-refractivity contribution in [2.45, 2.75) is 38.0 Å². The normalized spacial score (nSPS) is 27.2. The Morgan fingerprint density at radius 1 is 1.43 bits per heavy atom. The summed E-state index contributed by atoms with van der Waals surface area (Å²) in [5, 5.41) is 8.07. The predicted molar refractivity (Wildman–Crippen MR) is 81.6 cm³/mol. The highest BCUT2D eigenvalue weighted by Gasteiger charge is 2.47. The molecule has 1 amide bonds. The van der Waals surface area contributed by atoms with Gasteiger partial charge in [0.1, 0.15) is 0 Å². The Kier molecular flexibility index (Phi) is 3.43. The van der Waals surface area contributed by atoms with E-state index in [4.69, 9.17) is 4.52 Å². The zero-order valence-electron chi connectivity index (χ0n) is 13.5. The number of aromatic nitrogens is 4. The second kappa shape index (κ2) is 5.47. The molecule has 23 heavy (non-hydrogen) atoms. The van der Waals surface area contributed by atoms with Gasteiger partial charge >= 0.3 is 0 Å². The number of carbonyl (C=O) groups is 1. The topological polar surface area (TPSA) is 77.0 Å². The molecule has 0 spiro atoms. The summed E-state index contributed by atoms with van der Waals surface area (Å²) in [6.45, 7) is 3.34. The van der Waals surface area contributed by atoms with Crippen LogP contribution in [0.4, 0.5) is 0 Å². The largest absolute Gasteiger partial charge is 0.342 e. The minimum atomic E-state index is 0.113. The van der Waals surface area contributed by atoms with E-state index in [1.807, 2.05) is 31.3 Å². The molecule has 0 aromatic carbocycles. The average Bonchev–Trinajstić information content (AvgIpc) is 3.04. The van der Waals surface area contributed by atoms with Crippen LogP contribution < -0.4 is 0 Å². The highest BCUT2D eigenvalue weighted by molar-refractivity contribution is 5.83. The zero-order valence-corrected chi connectivity index (χ0v) is 13.5. The molecule has 2 aromatic rings. The minimum absolute atomic E-state index is 0.113. The van der Waals surface area contributed by atoms with E-state index in [0.717, 1.165) is 25.8 Å². The van der Waals surface area contributed by atoms with Crippen LogP contribution in [0.1, 0.15) is 48.4 Å². The van der Waals surface area contributed by atoms with Crippen LogP contribution >= 0.6 is 0 Å². The van der Waals surface area contributed by atoms with Crippen molar-refractivity contribution in [1.82, 2.24) is 24.8 Å². The lowest BCUT2D eigenvalue weighted by molar-refractivity contribution is -0.134. The number of aryl methyl sites for hydroxylation is 2. The highest BCUT2D eigenvalue weighted by Crippen LogP contribution is 2.48. The third-order valence-corrected chi connectivity index (χ3v) is 4.89. The van der Waals surface area contributed by atoms with Crippen LogP contribution in [-0.4, -0.2) is 43.8 Å². The standard InChI is InChI=1S/C16H21N5O2/c1-10-18-15(23-19-10)11-4-3-5-21(9-11)16(22)14-6-13(14)12-7-17-20(2)8-12/h7-8,11,13-14H,3-6,9H2,1-2H3/t11-,13+,14-/m1/s1. The molecule has 1 saturated heterocycles. The molecule has 2 fully saturated rings. The summed E-state index contributed by atoms with van der Waals surface area (Å²) in [4.78, 5) is 19.1. The van der Waals surface area contributed by atoms with E-state index in [2.05, 4.69) is 15.2 Å². The van der Waals surface area contributed by atoms with Gasteiger partial charge < -0.3 is 9.42 Å². The quantitative estimate of drug-likeness (QED) is 0.860. The second-order valence-corrected chi connectivity index (χ2v) is 6.70. The molecule has 3 atom stereocenters. The van der Waals surface area contributed by atoms with Crippen molar-refractivity contribution in [3.63, 3.8) is 0 Å². The lowest BCUT2D eigenvalue weighted by atomic mass is 9.97. The van der Waals surface area contributed by atoms with Crippen molar-refractivity contribution < 1.29 is 9.32 Å². The number of hydrogen-bond acceptors (Lipinski definition) is 5. The fraction of sp³-hybridized carbons (Fsp3) is 0.625. The Morgan fingerprint density at radius 2 is 2.30 bits per heavy atom. The van der Waals surface area contributed by atoms with Gasteiger partial charge in [-0.3, -0.25) is 9.48 Å². The van der Waals surface area contributed by atoms with E-state index in [1.165, 1.54) is 5.56 Å². The van der Waals surface area contributed by atoms with E-state index in [9.17, 15) is 4.79 Å². The highest BCUT2D eigenvalue weighted by atomic mass is 16.5. The van der Waals surface area contributed by atoms with E-state index < -0.39 is 0 Å². The molecular weight excluding hydrogens is 294 g/mol. The monoisotopic (exact) mass is 315 g/mol. The average molecular weight is 315 g/mol. The molecule has 3 heterocycles. The van der Waals surface area contributed by atoms with Crippen molar-refractivity contribution in [1.29, 1.82) is 0 Å². The number of piperidine rings is 1. The fourth-order valence-corrected chi connectivity index (χ4v) is 3.56. The van der Waals surface area contributed by atoms with Crippen molar-refractivity contribution in [3.8, 4) is 0 Å². The van der Waals surface area contributed by atoms with Crippen molar-refractivity contribution in [2.75, 3.05) is 13.1 Å². The fourth-order valence-electron chi connectivity index (χ4n) is 3.56. The van der Waals surface area contributed by atoms with E-state index in [0.29, 0.717) is 24.2 Å². The van der Waals surface area contributed by atoms with Gasteiger partial charge in [-0.05, 0) is 37.7 Å². The molecular formula is C16H21N5O2. The molecule has 0 bridgehead atoms. The Bertz CT molecular complexity index is 722. The maximum Gasteiger partial charge on any atom is 0.231 e. The van der Waals surface area contributed by atoms with Crippen LogP contribution in [0, 0.1) is 12.8 Å². The van der Waals surface area contributed by atoms with E-state index in [-0.39, 0.29) is 17.7 Å². The number of likely N-dealkylation sites (tertiary alicyclic amines) is 1. The van der Waals surface area contributed by atoms with Crippen molar-refractivity contribution in [3.05, 3.63) is 29.7 Å². The summed E-state index contributed by atoms with van der Waals surface area (Å²) in [7, 11) is 1.91. The Balaban J connectivity index is 1.41. The lowest BCUT2D eigenvalue weighted by Crippen LogP contribution is -2.40. The minimum Gasteiger partial charge on any atom is -0.342 e. The van der Waals surface area contributed by atoms with Gasteiger partial charge in [0.2, 0.25) is 11.8 Å². The molecule has 7 heteroatoms. The van der Waals surface area contributed by atoms with Crippen LogP contribution in [0.15, 0.2) is 16.9 Å². The molecule has 1 aliphatic heterocycles. The van der Waals surface area contributed by atoms with Crippen LogP contribution in [0.25, 0.3) is 0 Å². The molecule has 1 saturated carbocycles. The van der Waals surface area contributed by atoms with Gasteiger partial charge in [0.05, 0.1) is 12.1 Å². The third-order valence-electron chi connectivity index (χ3n) is 4.89. The number of rotatable bonds is 3. The number of carbonyl (C=O) groups excluding carboxylic acids is 1. The summed E-state index contributed by atoms with van der Waals surface area (Å²) in [5.74, 6) is 2.20. The molecule has 0 N–H and O–H groups in total. The first-order chi connectivity index (χ1) is 11.1. The van der Waals surface area contributed by atoms with Gasteiger partial charge in [0.15, 0.2) is 5.82 Å². The van der Waals surface area contributed by atoms with Gasteiger partial charge in [-0.1, -0.05) is 5.16 Å². The summed E-state index contributed by atoms with van der Waals surface area (Å²) in [5.41, 5.74) is 1.17. The zero-order chi connectivity index (χ0) is 16.0. The van der Waals surface area contributed by atoms with Crippen LogP contribution in [0.3, 0.4) is 0 Å². The number of nitrogens with zero attached hydrogens (tertiary/aromatic N) is 5. The Hall–Kier alpha value is -2.18. The second-order valence-electron chi connectivity index (χ2n) is 6.70. The molecule has 0 radical (unpaired) electrons. The first kappa shape index (κ1) is 14.4. The molecule has 7 nitrogen and oxygen atoms in total. The van der Waals surface area contributed by atoms with Gasteiger partial charge in [-0.2, -0.15) is 10.1 Å². The molecule has 2 aliphatic rings. The van der Waals surface area contributed by atoms with Crippen molar-refractivity contribution in [2.24, 2.45) is 13.0 Å². The molecule has 122 valence electrons. The van der Waals surface area contributed by atoms with E-state index in [1.54, 1.807) is 4.68 Å². The maximum absolute atomic E-state index is 12.8. The van der Waals surface area contributed by atoms with Gasteiger partial charge in [-0.25, -0.2) is 0 Å². The van der Waals surface area contributed by atoms with Crippen LogP contribution in [-0.2, 0) is 11.8 Å². The maximum atomic E-state index is 12.8. The summed E-state index contributed by atoms with van der Waals surface area (Å²) < 4.78 is 7.09. The molecule has 0 unspecified atom stereocenters. The van der Waals surface area contributed by atoms with Crippen molar-refractivity contribution >= 4 is 5.91 Å². The number of amides is 1. The molecule has 4 rings (SSSR count). The predicted octanol–water partition coefficient (Wildman–Crippen LogP) is 1.62. The SMILES string of the molecule is Cc1noc([C@@H]2CCCN(C(=O)[C@@H]3C[C@H]3c3cnn(C)c3)C2)n1. The lowest BCUT2D eigenvalue weighted by Gasteiger charge is -2.31. The Morgan fingerprint density at radius 3 is 3.00 bits per heavy atom. The first-order valence-corrected chi connectivity index (χ1v) is 8.19. The molecule has 2 aromatic heterocycles. The van der Waals surface area contributed by atoms with Gasteiger partial charge in [0, 0.05) is 32.3 Å². The summed E-state index contributed by atoms with van der Waals surface area (Å²) in [6, 6.07) is 0. The first-order valence-electron chi connectivity index (χ1n) is 8.19. The van der Waals surface area contributed by atoms with Gasteiger partial charge in [0.25, 0.3) is 0 Å². The van der Waals surface area contributed by atoms with Gasteiger partial charge in [-0.15, -0.1) is 0 Å². The van der Waals surface area contributed by atoms with Crippen LogP contribution in [0.5, 0.6) is 0 Å². The third kappa shape index (κ3) is 2.75. The summed E-state index contributed by atoms with van der Waals surface area (Å²) >= 11 is 0. The Labute approximate surface area is 134 Å².